The van der Waals surface area contributed by atoms with E-state index >= 15 is 0 Å². The Balaban J connectivity index is 2.44. The molecule has 0 amide bonds. The lowest BCUT2D eigenvalue weighted by Gasteiger charge is -2.33. The zero-order chi connectivity index (χ0) is 12.5. The maximum atomic E-state index is 6.61. The molecule has 2 heterocycles. The Morgan fingerprint density at radius 1 is 0.882 bits per heavy atom. The molecule has 0 aliphatic carbocycles. The molecule has 0 fully saturated rings. The Morgan fingerprint density at radius 2 is 1.35 bits per heavy atom. The summed E-state index contributed by atoms with van der Waals surface area (Å²) in [6.07, 6.45) is 0. The summed E-state index contributed by atoms with van der Waals surface area (Å²) in [5.41, 5.74) is 0. The van der Waals surface area contributed by atoms with Crippen molar-refractivity contribution in [1.82, 2.24) is 0 Å². The molecule has 0 radical (unpaired) electrons. The van der Waals surface area contributed by atoms with Gasteiger partial charge in [-0.25, -0.2) is 0 Å². The van der Waals surface area contributed by atoms with E-state index in [-0.39, 0.29) is 0 Å². The summed E-state index contributed by atoms with van der Waals surface area (Å²) in [5.74, 6) is 0. The molecule has 5 heteroatoms. The Bertz CT molecular complexity index is 423. The molecule has 1 nitrogen and oxygen atoms in total. The second-order valence-electron chi connectivity index (χ2n) is 5.20. The van der Waals surface area contributed by atoms with Crippen LogP contribution in [0.1, 0.15) is 0 Å². The van der Waals surface area contributed by atoms with Crippen LogP contribution < -0.4 is 9.00 Å². The fourth-order valence-corrected chi connectivity index (χ4v) is 13.4. The van der Waals surface area contributed by atoms with Gasteiger partial charge in [0.05, 0.1) is 0 Å². The second kappa shape index (κ2) is 4.81. The van der Waals surface area contributed by atoms with E-state index in [0.717, 1.165) is 0 Å². The first-order valence-corrected chi connectivity index (χ1v) is 13.3. The molecule has 0 saturated carbocycles. The van der Waals surface area contributed by atoms with Gasteiger partial charge in [-0.3, -0.25) is 0 Å². The van der Waals surface area contributed by atoms with Crippen molar-refractivity contribution in [3.63, 3.8) is 0 Å². The summed E-state index contributed by atoms with van der Waals surface area (Å²) in [6, 6.07) is 8.73. The van der Waals surface area contributed by atoms with Gasteiger partial charge in [0.15, 0.2) is 8.32 Å². The van der Waals surface area contributed by atoms with Gasteiger partial charge in [0.1, 0.15) is 0 Å². The lowest BCUT2D eigenvalue weighted by atomic mass is 10.7. The standard InChI is InChI=1S/C12H18OS2Si2/c1-16(2,3)13-17(4,11-7-5-9-14-11)12-8-6-10-15-12/h5-10H,1-4H3. The highest BCUT2D eigenvalue weighted by molar-refractivity contribution is 7.35. The van der Waals surface area contributed by atoms with E-state index in [4.69, 9.17) is 4.12 Å². The normalized spacial score (nSPS) is 12.9. The van der Waals surface area contributed by atoms with E-state index in [9.17, 15) is 0 Å². The molecule has 0 atom stereocenters. The average Bonchev–Trinajstić information content (AvgIpc) is 2.89. The summed E-state index contributed by atoms with van der Waals surface area (Å²) in [4.78, 5) is 0. The Labute approximate surface area is 113 Å². The molecule has 0 aromatic carbocycles. The molecular weight excluding hydrogens is 280 g/mol. The summed E-state index contributed by atoms with van der Waals surface area (Å²) in [5, 5.41) is 4.31. The van der Waals surface area contributed by atoms with E-state index in [1.54, 1.807) is 0 Å². The van der Waals surface area contributed by atoms with E-state index in [1.807, 2.05) is 22.7 Å². The zero-order valence-electron chi connectivity index (χ0n) is 10.7. The third-order valence-corrected chi connectivity index (χ3v) is 13.2. The van der Waals surface area contributed by atoms with Crippen LogP contribution >= 0.6 is 22.7 Å². The SMILES string of the molecule is C[Si](C)(C)O[Si](C)(c1cccs1)c1cccs1. The molecule has 0 aliphatic heterocycles. The lowest BCUT2D eigenvalue weighted by Crippen LogP contribution is -2.60. The molecular formula is C12H18OS2Si2. The molecule has 0 bridgehead atoms. The van der Waals surface area contributed by atoms with Crippen LogP contribution in [0.2, 0.25) is 26.2 Å². The van der Waals surface area contributed by atoms with Gasteiger partial charge in [-0.1, -0.05) is 12.1 Å². The Kier molecular flexibility index (Phi) is 3.75. The number of hydrogen-bond acceptors (Lipinski definition) is 3. The summed E-state index contributed by atoms with van der Waals surface area (Å²) < 4.78 is 9.48. The largest absolute Gasteiger partial charge is 0.448 e. The maximum absolute atomic E-state index is 6.61. The van der Waals surface area contributed by atoms with Gasteiger partial charge in [0.25, 0.3) is 8.32 Å². The highest BCUT2D eigenvalue weighted by Crippen LogP contribution is 2.18. The first kappa shape index (κ1) is 13.2. The van der Waals surface area contributed by atoms with Crippen LogP contribution in [-0.4, -0.2) is 16.6 Å². The number of hydrogen-bond donors (Lipinski definition) is 0. The summed E-state index contributed by atoms with van der Waals surface area (Å²) in [7, 11) is -3.46. The van der Waals surface area contributed by atoms with Crippen LogP contribution in [-0.2, 0) is 4.12 Å². The van der Waals surface area contributed by atoms with Gasteiger partial charge >= 0.3 is 0 Å². The minimum atomic E-state index is -1.93. The third-order valence-electron chi connectivity index (χ3n) is 2.49. The first-order valence-electron chi connectivity index (χ1n) is 5.70. The van der Waals surface area contributed by atoms with Crippen molar-refractivity contribution in [2.24, 2.45) is 0 Å². The smallest absolute Gasteiger partial charge is 0.262 e. The van der Waals surface area contributed by atoms with Gasteiger partial charge in [-0.2, -0.15) is 22.7 Å². The van der Waals surface area contributed by atoms with Crippen LogP contribution in [0.5, 0.6) is 0 Å². The van der Waals surface area contributed by atoms with Gasteiger partial charge in [-0.15, -0.1) is 0 Å². The van der Waals surface area contributed by atoms with Crippen LogP contribution in [0, 0.1) is 0 Å². The lowest BCUT2D eigenvalue weighted by molar-refractivity contribution is 0.574. The van der Waals surface area contributed by atoms with E-state index < -0.39 is 16.6 Å². The summed E-state index contributed by atoms with van der Waals surface area (Å²) in [6.45, 7) is 9.17. The Hall–Kier alpha value is -0.206. The maximum Gasteiger partial charge on any atom is 0.262 e. The molecule has 0 saturated heterocycles. The van der Waals surface area contributed by atoms with Crippen molar-refractivity contribution >= 4 is 48.3 Å². The van der Waals surface area contributed by atoms with Gasteiger partial charge in [0, 0.05) is 9.00 Å². The highest BCUT2D eigenvalue weighted by atomic mass is 32.1. The van der Waals surface area contributed by atoms with E-state index in [1.165, 1.54) is 9.00 Å². The highest BCUT2D eigenvalue weighted by Gasteiger charge is 2.40. The van der Waals surface area contributed by atoms with Gasteiger partial charge in [0.2, 0.25) is 0 Å². The number of rotatable bonds is 4. The zero-order valence-corrected chi connectivity index (χ0v) is 14.3. The van der Waals surface area contributed by atoms with Crippen LogP contribution in [0.25, 0.3) is 0 Å². The molecule has 92 valence electrons. The molecule has 2 aromatic rings. The minimum Gasteiger partial charge on any atom is -0.448 e. The van der Waals surface area contributed by atoms with E-state index in [2.05, 4.69) is 61.2 Å². The molecule has 0 spiro atoms. The van der Waals surface area contributed by atoms with Crippen molar-refractivity contribution < 1.29 is 4.12 Å². The number of thiophene rings is 2. The van der Waals surface area contributed by atoms with Gasteiger partial charge in [-0.05, 0) is 49.1 Å². The molecule has 0 aliphatic rings. The van der Waals surface area contributed by atoms with Crippen LogP contribution in [0.3, 0.4) is 0 Å². The van der Waals surface area contributed by atoms with E-state index in [0.29, 0.717) is 0 Å². The predicted octanol–water partition coefficient (Wildman–Crippen LogP) is 3.35. The first-order chi connectivity index (χ1) is 7.92. The second-order valence-corrected chi connectivity index (χ2v) is 16.0. The average molecular weight is 299 g/mol. The fraction of sp³-hybridized carbons (Fsp3) is 0.333. The van der Waals surface area contributed by atoms with Crippen LogP contribution in [0.15, 0.2) is 35.0 Å². The van der Waals surface area contributed by atoms with Gasteiger partial charge < -0.3 is 4.12 Å². The monoisotopic (exact) mass is 298 g/mol. The third kappa shape index (κ3) is 2.97. The van der Waals surface area contributed by atoms with Crippen molar-refractivity contribution in [3.8, 4) is 0 Å². The van der Waals surface area contributed by atoms with Crippen molar-refractivity contribution in [3.05, 3.63) is 35.0 Å². The quantitative estimate of drug-likeness (QED) is 0.787. The van der Waals surface area contributed by atoms with Crippen molar-refractivity contribution in [2.75, 3.05) is 0 Å². The van der Waals surface area contributed by atoms with Crippen molar-refractivity contribution in [2.45, 2.75) is 26.2 Å². The molecule has 0 N–H and O–H groups in total. The molecule has 2 rings (SSSR count). The molecule has 0 unspecified atom stereocenters. The minimum absolute atomic E-state index is 1.43. The van der Waals surface area contributed by atoms with Crippen molar-refractivity contribution in [1.29, 1.82) is 0 Å². The topological polar surface area (TPSA) is 9.23 Å². The fourth-order valence-electron chi connectivity index (χ4n) is 1.93. The Morgan fingerprint density at radius 3 is 1.65 bits per heavy atom. The molecule has 17 heavy (non-hydrogen) atoms. The van der Waals surface area contributed by atoms with Crippen LogP contribution in [0.4, 0.5) is 0 Å². The predicted molar refractivity (Wildman–Crippen MR) is 84.0 cm³/mol. The molecule has 2 aromatic heterocycles. The summed E-state index contributed by atoms with van der Waals surface area (Å²) >= 11 is 3.67.